The monoisotopic (exact) mass is 247 g/mol. The normalized spacial score (nSPS) is 29.4. The number of hydrogen-bond donors (Lipinski definition) is 0. The second-order valence-electron chi connectivity index (χ2n) is 5.99. The Labute approximate surface area is 113 Å². The molecule has 2 rings (SSSR count). The Hall–Kier alpha value is -0.590. The summed E-state index contributed by atoms with van der Waals surface area (Å²) in [4.78, 5) is 4.81. The van der Waals surface area contributed by atoms with Crippen LogP contribution in [0.5, 0.6) is 0 Å². The van der Waals surface area contributed by atoms with Gasteiger partial charge in [0.05, 0.1) is 0 Å². The van der Waals surface area contributed by atoms with Gasteiger partial charge < -0.3 is 0 Å². The van der Waals surface area contributed by atoms with Gasteiger partial charge in [0.25, 0.3) is 0 Å². The number of fused-ring (bicyclic) bond motifs is 1. The fourth-order valence-electron chi connectivity index (χ4n) is 3.72. The fourth-order valence-corrected chi connectivity index (χ4v) is 3.72. The van der Waals surface area contributed by atoms with Gasteiger partial charge in [0.15, 0.2) is 0 Å². The topological polar surface area (TPSA) is 12.4 Å². The number of rotatable bonds is 3. The third kappa shape index (κ3) is 3.24. The minimum Gasteiger partial charge on any atom is -0.265 e. The van der Waals surface area contributed by atoms with Gasteiger partial charge in [0, 0.05) is 17.8 Å². The molecule has 1 heteroatoms. The van der Waals surface area contributed by atoms with Gasteiger partial charge >= 0.3 is 0 Å². The maximum Gasteiger partial charge on any atom is 0.0262 e. The Morgan fingerprint density at radius 3 is 2.33 bits per heavy atom. The molecule has 0 radical (unpaired) electrons. The molecule has 0 bridgehead atoms. The molecule has 1 nitrogen and oxygen atoms in total. The molecule has 0 amide bonds. The number of aliphatic imine (C=N–C) groups is 1. The average Bonchev–Trinajstić information content (AvgIpc) is 2.51. The third-order valence-electron chi connectivity index (χ3n) is 4.73. The van der Waals surface area contributed by atoms with E-state index in [-0.39, 0.29) is 0 Å². The Kier molecular flexibility index (Phi) is 5.46. The van der Waals surface area contributed by atoms with Crippen LogP contribution in [-0.4, -0.2) is 5.71 Å². The van der Waals surface area contributed by atoms with Gasteiger partial charge in [-0.15, -0.1) is 0 Å². The summed E-state index contributed by atoms with van der Waals surface area (Å²) >= 11 is 0. The van der Waals surface area contributed by atoms with Gasteiger partial charge in [0.2, 0.25) is 0 Å². The molecular weight excluding hydrogens is 218 g/mol. The highest BCUT2D eigenvalue weighted by atomic mass is 14.7. The minimum absolute atomic E-state index is 0.781. The molecule has 2 unspecified atom stereocenters. The second kappa shape index (κ2) is 7.11. The van der Waals surface area contributed by atoms with Gasteiger partial charge in [-0.25, -0.2) is 0 Å². The summed E-state index contributed by atoms with van der Waals surface area (Å²) in [5.74, 6) is 1.61. The van der Waals surface area contributed by atoms with E-state index in [2.05, 4.69) is 20.0 Å². The minimum atomic E-state index is 0.781. The Bertz CT molecular complexity index is 314. The maximum atomic E-state index is 4.81. The lowest BCUT2D eigenvalue weighted by molar-refractivity contribution is 0.397. The zero-order valence-electron chi connectivity index (χ0n) is 12.3. The standard InChI is InChI=1S/C17H29N/c1-3-10-17-16-12-9-7-5-6-8-11-15(16)14(4-2)13-18-17/h13,15-16H,3-12H2,1-2H3. The van der Waals surface area contributed by atoms with E-state index in [4.69, 9.17) is 4.99 Å². The van der Waals surface area contributed by atoms with Gasteiger partial charge in [-0.2, -0.15) is 0 Å². The van der Waals surface area contributed by atoms with Crippen LogP contribution >= 0.6 is 0 Å². The molecule has 0 spiro atoms. The van der Waals surface area contributed by atoms with Gasteiger partial charge in [-0.3, -0.25) is 4.99 Å². The summed E-state index contributed by atoms with van der Waals surface area (Å²) < 4.78 is 0. The van der Waals surface area contributed by atoms with E-state index in [0.717, 1.165) is 11.8 Å². The molecular formula is C17H29N. The van der Waals surface area contributed by atoms with E-state index in [1.807, 2.05) is 0 Å². The number of allylic oxidation sites excluding steroid dienone is 1. The molecule has 1 fully saturated rings. The molecule has 2 aliphatic rings. The summed E-state index contributed by atoms with van der Waals surface area (Å²) in [6.45, 7) is 4.58. The van der Waals surface area contributed by atoms with Crippen LogP contribution in [0.1, 0.15) is 78.1 Å². The molecule has 1 aliphatic heterocycles. The Balaban J connectivity index is 2.17. The van der Waals surface area contributed by atoms with E-state index in [9.17, 15) is 0 Å². The lowest BCUT2D eigenvalue weighted by atomic mass is 9.74. The van der Waals surface area contributed by atoms with Crippen molar-refractivity contribution in [2.75, 3.05) is 0 Å². The van der Waals surface area contributed by atoms with E-state index in [1.54, 1.807) is 5.57 Å². The predicted octanol–water partition coefficient (Wildman–Crippen LogP) is 5.51. The smallest absolute Gasteiger partial charge is 0.0262 e. The van der Waals surface area contributed by atoms with Gasteiger partial charge in [-0.05, 0) is 37.2 Å². The highest BCUT2D eigenvalue weighted by Crippen LogP contribution is 2.38. The second-order valence-corrected chi connectivity index (χ2v) is 5.99. The van der Waals surface area contributed by atoms with Crippen LogP contribution in [0.15, 0.2) is 16.8 Å². The van der Waals surface area contributed by atoms with E-state index in [0.29, 0.717) is 0 Å². The lowest BCUT2D eigenvalue weighted by Gasteiger charge is -2.32. The lowest BCUT2D eigenvalue weighted by Crippen LogP contribution is -2.28. The van der Waals surface area contributed by atoms with Gasteiger partial charge in [-0.1, -0.05) is 52.4 Å². The molecule has 0 aromatic heterocycles. The van der Waals surface area contributed by atoms with E-state index < -0.39 is 0 Å². The van der Waals surface area contributed by atoms with Crippen LogP contribution in [0.2, 0.25) is 0 Å². The molecule has 2 atom stereocenters. The van der Waals surface area contributed by atoms with Crippen LogP contribution in [0.4, 0.5) is 0 Å². The van der Waals surface area contributed by atoms with Crippen LogP contribution in [-0.2, 0) is 0 Å². The summed E-state index contributed by atoms with van der Waals surface area (Å²) in [7, 11) is 0. The zero-order chi connectivity index (χ0) is 12.8. The summed E-state index contributed by atoms with van der Waals surface area (Å²) in [6, 6.07) is 0. The summed E-state index contributed by atoms with van der Waals surface area (Å²) in [5.41, 5.74) is 3.14. The van der Waals surface area contributed by atoms with Crippen molar-refractivity contribution >= 4 is 5.71 Å². The van der Waals surface area contributed by atoms with E-state index in [1.165, 1.54) is 69.9 Å². The van der Waals surface area contributed by atoms with Crippen LogP contribution < -0.4 is 0 Å². The maximum absolute atomic E-state index is 4.81. The largest absolute Gasteiger partial charge is 0.265 e. The molecule has 102 valence electrons. The Morgan fingerprint density at radius 2 is 1.67 bits per heavy atom. The predicted molar refractivity (Wildman–Crippen MR) is 80.0 cm³/mol. The Morgan fingerprint density at radius 1 is 1.00 bits per heavy atom. The van der Waals surface area contributed by atoms with E-state index >= 15 is 0 Å². The molecule has 0 aromatic carbocycles. The van der Waals surface area contributed by atoms with Crippen LogP contribution in [0, 0.1) is 11.8 Å². The first-order valence-electron chi connectivity index (χ1n) is 8.12. The van der Waals surface area contributed by atoms with Crippen molar-refractivity contribution in [2.24, 2.45) is 16.8 Å². The first-order chi connectivity index (χ1) is 8.86. The summed E-state index contributed by atoms with van der Waals surface area (Å²) in [6.07, 6.45) is 15.9. The van der Waals surface area contributed by atoms with Crippen LogP contribution in [0.3, 0.4) is 0 Å². The first kappa shape index (κ1) is 13.8. The van der Waals surface area contributed by atoms with Crippen molar-refractivity contribution < 1.29 is 0 Å². The number of hydrogen-bond acceptors (Lipinski definition) is 1. The van der Waals surface area contributed by atoms with Crippen molar-refractivity contribution in [3.05, 3.63) is 11.8 Å². The summed E-state index contributed by atoms with van der Waals surface area (Å²) in [5, 5.41) is 0. The highest BCUT2D eigenvalue weighted by Gasteiger charge is 2.30. The van der Waals surface area contributed by atoms with Crippen LogP contribution in [0.25, 0.3) is 0 Å². The quantitative estimate of drug-likeness (QED) is 0.623. The molecule has 0 N–H and O–H groups in total. The molecule has 1 saturated carbocycles. The highest BCUT2D eigenvalue weighted by molar-refractivity contribution is 5.88. The number of nitrogens with zero attached hydrogens (tertiary/aromatic N) is 1. The van der Waals surface area contributed by atoms with Crippen molar-refractivity contribution in [3.63, 3.8) is 0 Å². The van der Waals surface area contributed by atoms with Gasteiger partial charge in [0.1, 0.15) is 0 Å². The molecule has 0 aromatic rings. The van der Waals surface area contributed by atoms with Crippen molar-refractivity contribution in [3.8, 4) is 0 Å². The first-order valence-corrected chi connectivity index (χ1v) is 8.12. The molecule has 0 saturated heterocycles. The molecule has 1 heterocycles. The molecule has 18 heavy (non-hydrogen) atoms. The van der Waals surface area contributed by atoms with Crippen molar-refractivity contribution in [1.29, 1.82) is 0 Å². The fraction of sp³-hybridized carbons (Fsp3) is 0.824. The average molecular weight is 247 g/mol. The van der Waals surface area contributed by atoms with Crippen molar-refractivity contribution in [2.45, 2.75) is 78.1 Å². The zero-order valence-corrected chi connectivity index (χ0v) is 12.3. The SMILES string of the molecule is CCCC1=NC=C(CC)C2CCCCCCCC12. The van der Waals surface area contributed by atoms with Crippen molar-refractivity contribution in [1.82, 2.24) is 0 Å². The molecule has 1 aliphatic carbocycles. The third-order valence-corrected chi connectivity index (χ3v) is 4.73.